The van der Waals surface area contributed by atoms with Gasteiger partial charge >= 0.3 is 6.18 Å². The van der Waals surface area contributed by atoms with E-state index in [9.17, 15) is 13.2 Å². The van der Waals surface area contributed by atoms with Crippen molar-refractivity contribution in [1.29, 1.82) is 0 Å². The normalized spacial score (nSPS) is 14.5. The molecule has 1 atom stereocenters. The van der Waals surface area contributed by atoms with Crippen LogP contribution in [0.15, 0.2) is 0 Å². The van der Waals surface area contributed by atoms with Gasteiger partial charge in [0.2, 0.25) is 0 Å². The predicted octanol–water partition coefficient (Wildman–Crippen LogP) is 0.963. The summed E-state index contributed by atoms with van der Waals surface area (Å²) >= 11 is 0. The molecule has 0 aliphatic rings. The molecule has 0 aromatic carbocycles. The molecule has 80 valence electrons. The van der Waals surface area contributed by atoms with Gasteiger partial charge < -0.3 is 14.6 Å². The second kappa shape index (κ2) is 6.17. The molecule has 1 N–H and O–H groups in total. The number of hydrogen-bond acceptors (Lipinski definition) is 3. The number of methoxy groups -OCH3 is 1. The van der Waals surface area contributed by atoms with Crippen LogP contribution in [0.4, 0.5) is 13.2 Å². The van der Waals surface area contributed by atoms with Gasteiger partial charge in [0.25, 0.3) is 0 Å². The maximum absolute atomic E-state index is 11.6. The topological polar surface area (TPSA) is 38.7 Å². The molecule has 0 radical (unpaired) electrons. The molecule has 0 amide bonds. The molecule has 0 bridgehead atoms. The van der Waals surface area contributed by atoms with Crippen LogP contribution in [0.25, 0.3) is 0 Å². The van der Waals surface area contributed by atoms with E-state index in [-0.39, 0.29) is 13.2 Å². The summed E-state index contributed by atoms with van der Waals surface area (Å²) in [6.45, 7) is -0.500. The van der Waals surface area contributed by atoms with Crippen LogP contribution in [0.5, 0.6) is 0 Å². The van der Waals surface area contributed by atoms with E-state index in [0.29, 0.717) is 0 Å². The Morgan fingerprint density at radius 1 is 1.31 bits per heavy atom. The van der Waals surface area contributed by atoms with Crippen molar-refractivity contribution in [1.82, 2.24) is 0 Å². The summed E-state index contributed by atoms with van der Waals surface area (Å²) in [6.07, 6.45) is -6.06. The molecule has 0 aliphatic heterocycles. The Bertz CT molecular complexity index is 127. The van der Waals surface area contributed by atoms with Gasteiger partial charge in [-0.05, 0) is 0 Å². The van der Waals surface area contributed by atoms with Gasteiger partial charge in [0.1, 0.15) is 6.10 Å². The van der Waals surface area contributed by atoms with Gasteiger partial charge in [-0.2, -0.15) is 13.2 Å². The third-order valence-corrected chi connectivity index (χ3v) is 1.20. The number of alkyl halides is 3. The van der Waals surface area contributed by atoms with E-state index in [1.54, 1.807) is 0 Å². The van der Waals surface area contributed by atoms with Crippen LogP contribution >= 0.6 is 0 Å². The van der Waals surface area contributed by atoms with Crippen LogP contribution < -0.4 is 0 Å². The van der Waals surface area contributed by atoms with Crippen molar-refractivity contribution in [3.8, 4) is 0 Å². The molecule has 3 nitrogen and oxygen atoms in total. The fourth-order valence-corrected chi connectivity index (χ4v) is 0.648. The lowest BCUT2D eigenvalue weighted by Crippen LogP contribution is -2.22. The Hall–Kier alpha value is -0.330. The van der Waals surface area contributed by atoms with Crippen LogP contribution in [0.3, 0.4) is 0 Å². The molecular weight excluding hydrogens is 189 g/mol. The Morgan fingerprint density at radius 3 is 2.38 bits per heavy atom. The molecule has 0 aliphatic carbocycles. The maximum atomic E-state index is 11.6. The third kappa shape index (κ3) is 9.59. The fourth-order valence-electron chi connectivity index (χ4n) is 0.648. The second-order valence-electron chi connectivity index (χ2n) is 2.55. The first kappa shape index (κ1) is 12.7. The van der Waals surface area contributed by atoms with Gasteiger partial charge in [-0.1, -0.05) is 0 Å². The number of hydrogen-bond donors (Lipinski definition) is 1. The maximum Gasteiger partial charge on any atom is 0.391 e. The Morgan fingerprint density at radius 2 is 1.92 bits per heavy atom. The largest absolute Gasteiger partial charge is 0.391 e. The van der Waals surface area contributed by atoms with E-state index in [1.807, 2.05) is 0 Å². The van der Waals surface area contributed by atoms with Gasteiger partial charge in [0.15, 0.2) is 0 Å². The minimum atomic E-state index is -4.20. The third-order valence-electron chi connectivity index (χ3n) is 1.20. The molecule has 13 heavy (non-hydrogen) atoms. The molecule has 0 heterocycles. The van der Waals surface area contributed by atoms with Crippen LogP contribution in [0.2, 0.25) is 0 Å². The van der Waals surface area contributed by atoms with Gasteiger partial charge in [-0.15, -0.1) is 0 Å². The summed E-state index contributed by atoms with van der Waals surface area (Å²) < 4.78 is 43.8. The molecule has 0 rings (SSSR count). The quantitative estimate of drug-likeness (QED) is 0.652. The highest BCUT2D eigenvalue weighted by atomic mass is 19.4. The molecule has 0 saturated carbocycles. The number of ether oxygens (including phenoxy) is 2. The molecule has 1 unspecified atom stereocenters. The monoisotopic (exact) mass is 202 g/mol. The first-order valence-corrected chi connectivity index (χ1v) is 3.77. The average Bonchev–Trinajstić information content (AvgIpc) is 1.97. The molecule has 0 aromatic heterocycles. The lowest BCUT2D eigenvalue weighted by molar-refractivity contribution is -0.147. The SMILES string of the molecule is COCC(O)COCCC(F)(F)F. The highest BCUT2D eigenvalue weighted by molar-refractivity contribution is 4.52. The van der Waals surface area contributed by atoms with Crippen molar-refractivity contribution in [2.45, 2.75) is 18.7 Å². The zero-order valence-corrected chi connectivity index (χ0v) is 7.30. The average molecular weight is 202 g/mol. The van der Waals surface area contributed by atoms with E-state index < -0.39 is 25.3 Å². The predicted molar refractivity (Wildman–Crippen MR) is 39.4 cm³/mol. The fraction of sp³-hybridized carbons (Fsp3) is 1.00. The smallest absolute Gasteiger partial charge is 0.388 e. The van der Waals surface area contributed by atoms with E-state index in [4.69, 9.17) is 5.11 Å². The van der Waals surface area contributed by atoms with E-state index in [2.05, 4.69) is 9.47 Å². The number of aliphatic hydroxyl groups is 1. The molecule has 0 saturated heterocycles. The molecular formula is C7H13F3O3. The lowest BCUT2D eigenvalue weighted by Gasteiger charge is -2.10. The van der Waals surface area contributed by atoms with Gasteiger partial charge in [-0.3, -0.25) is 0 Å². The Balaban J connectivity index is 3.25. The Kier molecular flexibility index (Phi) is 6.02. The van der Waals surface area contributed by atoms with Gasteiger partial charge in [-0.25, -0.2) is 0 Å². The highest BCUT2D eigenvalue weighted by Crippen LogP contribution is 2.18. The summed E-state index contributed by atoms with van der Waals surface area (Å²) in [7, 11) is 1.39. The number of rotatable bonds is 6. The van der Waals surface area contributed by atoms with Crippen molar-refractivity contribution < 1.29 is 27.8 Å². The number of aliphatic hydroxyl groups excluding tert-OH is 1. The zero-order chi connectivity index (χ0) is 10.3. The standard InChI is InChI=1S/C7H13F3O3/c1-12-4-6(11)5-13-3-2-7(8,9)10/h6,11H,2-5H2,1H3. The highest BCUT2D eigenvalue weighted by Gasteiger charge is 2.26. The van der Waals surface area contributed by atoms with Crippen molar-refractivity contribution in [2.24, 2.45) is 0 Å². The first-order valence-electron chi connectivity index (χ1n) is 3.77. The van der Waals surface area contributed by atoms with E-state index in [0.717, 1.165) is 0 Å². The minimum absolute atomic E-state index is 0.0615. The second-order valence-corrected chi connectivity index (χ2v) is 2.55. The minimum Gasteiger partial charge on any atom is -0.388 e. The molecule has 0 spiro atoms. The number of halogens is 3. The summed E-state index contributed by atoms with van der Waals surface area (Å²) in [5.74, 6) is 0. The van der Waals surface area contributed by atoms with Crippen molar-refractivity contribution >= 4 is 0 Å². The van der Waals surface area contributed by atoms with Crippen LogP contribution in [-0.4, -0.2) is 44.3 Å². The molecule has 0 fully saturated rings. The Labute approximate surface area is 74.4 Å². The van der Waals surface area contributed by atoms with Gasteiger partial charge in [0.05, 0.1) is 26.2 Å². The van der Waals surface area contributed by atoms with E-state index >= 15 is 0 Å². The van der Waals surface area contributed by atoms with Crippen molar-refractivity contribution in [3.05, 3.63) is 0 Å². The zero-order valence-electron chi connectivity index (χ0n) is 7.30. The van der Waals surface area contributed by atoms with Crippen molar-refractivity contribution in [3.63, 3.8) is 0 Å². The summed E-state index contributed by atoms with van der Waals surface area (Å²) in [5, 5.41) is 8.95. The molecule has 0 aromatic rings. The van der Waals surface area contributed by atoms with Crippen molar-refractivity contribution in [2.75, 3.05) is 26.9 Å². The lowest BCUT2D eigenvalue weighted by atomic mass is 10.4. The first-order chi connectivity index (χ1) is 5.95. The van der Waals surface area contributed by atoms with Crippen LogP contribution in [0.1, 0.15) is 6.42 Å². The summed E-state index contributed by atoms with van der Waals surface area (Å²) in [6, 6.07) is 0. The van der Waals surface area contributed by atoms with Gasteiger partial charge in [0, 0.05) is 7.11 Å². The van der Waals surface area contributed by atoms with E-state index in [1.165, 1.54) is 7.11 Å². The summed E-state index contributed by atoms with van der Waals surface area (Å²) in [4.78, 5) is 0. The molecule has 6 heteroatoms. The summed E-state index contributed by atoms with van der Waals surface area (Å²) in [5.41, 5.74) is 0. The van der Waals surface area contributed by atoms with Crippen LogP contribution in [-0.2, 0) is 9.47 Å². The van der Waals surface area contributed by atoms with Crippen LogP contribution in [0, 0.1) is 0 Å².